The molecular formula is C21H17BrO2. The molecule has 3 heteroatoms. The predicted octanol–water partition coefficient (Wildman–Crippen LogP) is 5.05. The van der Waals surface area contributed by atoms with Gasteiger partial charge in [-0.3, -0.25) is 4.79 Å². The van der Waals surface area contributed by atoms with Gasteiger partial charge in [0, 0.05) is 16.5 Å². The number of halogens is 1. The first kappa shape index (κ1) is 15.4. The maximum absolute atomic E-state index is 13.0. The van der Waals surface area contributed by atoms with Crippen LogP contribution >= 0.6 is 15.9 Å². The molecule has 1 heterocycles. The summed E-state index contributed by atoms with van der Waals surface area (Å²) in [6.07, 6.45) is 2.47. The molecular weight excluding hydrogens is 364 g/mol. The van der Waals surface area contributed by atoms with Crippen LogP contribution in [0.15, 0.2) is 76.5 Å². The molecule has 1 fully saturated rings. The van der Waals surface area contributed by atoms with E-state index in [4.69, 9.17) is 4.74 Å². The lowest BCUT2D eigenvalue weighted by Crippen LogP contribution is -2.37. The Kier molecular flexibility index (Phi) is 3.69. The molecule has 24 heavy (non-hydrogen) atoms. The summed E-state index contributed by atoms with van der Waals surface area (Å²) in [6.45, 7) is 2.55. The van der Waals surface area contributed by atoms with Crippen LogP contribution in [0.5, 0.6) is 0 Å². The first-order chi connectivity index (χ1) is 11.6. The van der Waals surface area contributed by atoms with Crippen LogP contribution in [0.25, 0.3) is 5.57 Å². The predicted molar refractivity (Wildman–Crippen MR) is 98.5 cm³/mol. The van der Waals surface area contributed by atoms with Crippen LogP contribution in [0.2, 0.25) is 0 Å². The van der Waals surface area contributed by atoms with Gasteiger partial charge in [-0.05, 0) is 41.8 Å². The first-order valence-corrected chi connectivity index (χ1v) is 8.84. The zero-order valence-electron chi connectivity index (χ0n) is 13.4. The summed E-state index contributed by atoms with van der Waals surface area (Å²) < 4.78 is 7.09. The van der Waals surface area contributed by atoms with Crippen molar-refractivity contribution in [2.24, 2.45) is 0 Å². The number of ketones is 1. The summed E-state index contributed by atoms with van der Waals surface area (Å²) in [6, 6.07) is 18.2. The molecule has 2 aromatic carbocycles. The molecule has 0 amide bonds. The summed E-state index contributed by atoms with van der Waals surface area (Å²) in [4.78, 5) is 13.0. The Morgan fingerprint density at radius 3 is 2.46 bits per heavy atom. The van der Waals surface area contributed by atoms with Gasteiger partial charge in [0.05, 0.1) is 6.61 Å². The molecule has 0 spiro atoms. The molecule has 0 N–H and O–H groups in total. The Bertz CT molecular complexity index is 862. The minimum absolute atomic E-state index is 0.125. The maximum Gasteiger partial charge on any atom is 0.174 e. The number of benzene rings is 2. The third-order valence-electron chi connectivity index (χ3n) is 4.90. The van der Waals surface area contributed by atoms with Crippen molar-refractivity contribution in [2.75, 3.05) is 6.61 Å². The molecule has 2 nitrogen and oxygen atoms in total. The van der Waals surface area contributed by atoms with E-state index in [0.717, 1.165) is 32.5 Å². The van der Waals surface area contributed by atoms with Gasteiger partial charge in [-0.25, -0.2) is 0 Å². The highest BCUT2D eigenvalue weighted by molar-refractivity contribution is 9.10. The number of carbonyl (C=O) groups excluding carboxylic acids is 1. The van der Waals surface area contributed by atoms with Gasteiger partial charge in [0.2, 0.25) is 0 Å². The van der Waals surface area contributed by atoms with E-state index in [-0.39, 0.29) is 5.78 Å². The zero-order chi connectivity index (χ0) is 16.7. The van der Waals surface area contributed by atoms with Crippen molar-refractivity contribution < 1.29 is 9.53 Å². The highest BCUT2D eigenvalue weighted by atomic mass is 79.9. The fourth-order valence-electron chi connectivity index (χ4n) is 3.75. The lowest BCUT2D eigenvalue weighted by atomic mass is 9.68. The number of hydrogen-bond donors (Lipinski definition) is 0. The second kappa shape index (κ2) is 5.75. The van der Waals surface area contributed by atoms with Crippen LogP contribution < -0.4 is 0 Å². The number of hydrogen-bond acceptors (Lipinski definition) is 2. The Labute approximate surface area is 150 Å². The molecule has 2 aromatic rings. The molecule has 0 saturated carbocycles. The van der Waals surface area contributed by atoms with Gasteiger partial charge in [0.15, 0.2) is 5.78 Å². The van der Waals surface area contributed by atoms with Crippen LogP contribution in [0.4, 0.5) is 0 Å². The lowest BCUT2D eigenvalue weighted by Gasteiger charge is -2.32. The minimum atomic E-state index is -0.677. The molecule has 1 saturated heterocycles. The smallest absolute Gasteiger partial charge is 0.174 e. The van der Waals surface area contributed by atoms with Crippen molar-refractivity contribution >= 4 is 27.3 Å². The number of fused-ring (bicyclic) bond motifs is 1. The van der Waals surface area contributed by atoms with Gasteiger partial charge in [0.25, 0.3) is 0 Å². The van der Waals surface area contributed by atoms with Crippen molar-refractivity contribution in [1.82, 2.24) is 0 Å². The fraction of sp³-hybridized carbons (Fsp3) is 0.190. The molecule has 120 valence electrons. The lowest BCUT2D eigenvalue weighted by molar-refractivity contribution is -0.118. The molecule has 0 bridgehead atoms. The van der Waals surface area contributed by atoms with Crippen molar-refractivity contribution in [3.8, 4) is 0 Å². The number of carbonyl (C=O) groups is 1. The molecule has 1 atom stereocenters. The Morgan fingerprint density at radius 1 is 1.04 bits per heavy atom. The highest BCUT2D eigenvalue weighted by Gasteiger charge is 2.51. The van der Waals surface area contributed by atoms with E-state index >= 15 is 0 Å². The monoisotopic (exact) mass is 380 g/mol. The maximum atomic E-state index is 13.0. The van der Waals surface area contributed by atoms with Crippen molar-refractivity contribution in [2.45, 2.75) is 18.8 Å². The molecule has 1 unspecified atom stereocenters. The van der Waals surface area contributed by atoms with Crippen molar-refractivity contribution in [1.29, 1.82) is 0 Å². The molecule has 0 aromatic heterocycles. The van der Waals surface area contributed by atoms with Crippen LogP contribution in [-0.2, 0) is 14.9 Å². The normalized spacial score (nSPS) is 22.9. The molecule has 1 aliphatic heterocycles. The number of ether oxygens (including phenoxy) is 1. The third kappa shape index (κ3) is 2.19. The van der Waals surface area contributed by atoms with Gasteiger partial charge in [-0.1, -0.05) is 58.4 Å². The van der Waals surface area contributed by atoms with Gasteiger partial charge in [-0.2, -0.15) is 0 Å². The molecule has 0 radical (unpaired) electrons. The van der Waals surface area contributed by atoms with Gasteiger partial charge in [-0.15, -0.1) is 0 Å². The Morgan fingerprint density at radius 2 is 1.75 bits per heavy atom. The summed E-state index contributed by atoms with van der Waals surface area (Å²) >= 11 is 3.48. The second-order valence-electron chi connectivity index (χ2n) is 6.27. The minimum Gasteiger partial charge on any atom is -0.496 e. The average Bonchev–Trinajstić information content (AvgIpc) is 3.03. The van der Waals surface area contributed by atoms with Crippen LogP contribution in [0, 0.1) is 0 Å². The largest absolute Gasteiger partial charge is 0.496 e. The second-order valence-corrected chi connectivity index (χ2v) is 7.19. The summed E-state index contributed by atoms with van der Waals surface area (Å²) in [5.41, 5.74) is 3.43. The van der Waals surface area contributed by atoms with Crippen molar-refractivity contribution in [3.05, 3.63) is 87.6 Å². The summed E-state index contributed by atoms with van der Waals surface area (Å²) in [5, 5.41) is 0. The van der Waals surface area contributed by atoms with E-state index in [1.807, 2.05) is 49.4 Å². The van der Waals surface area contributed by atoms with Crippen molar-refractivity contribution in [3.63, 3.8) is 0 Å². The molecule has 1 aliphatic carbocycles. The quantitative estimate of drug-likeness (QED) is 0.728. The Balaban J connectivity index is 1.97. The number of rotatable bonds is 2. The molecule has 2 aliphatic rings. The fourth-order valence-corrected chi connectivity index (χ4v) is 4.01. The van der Waals surface area contributed by atoms with Crippen LogP contribution in [-0.4, -0.2) is 12.4 Å². The number of allylic oxidation sites excluding steroid dienone is 4. The summed E-state index contributed by atoms with van der Waals surface area (Å²) in [5.74, 6) is 0.931. The van der Waals surface area contributed by atoms with E-state index in [1.165, 1.54) is 0 Å². The Hall–Kier alpha value is -2.13. The molecule has 4 rings (SSSR count). The SMILES string of the molecule is CC1=CC(=O)C2(c3ccccc3)CCOC2=C1c1ccc(Br)cc1. The van der Waals surface area contributed by atoms with Gasteiger partial charge < -0.3 is 4.74 Å². The average molecular weight is 381 g/mol. The van der Waals surface area contributed by atoms with Gasteiger partial charge in [0.1, 0.15) is 11.2 Å². The van der Waals surface area contributed by atoms with E-state index < -0.39 is 5.41 Å². The summed E-state index contributed by atoms with van der Waals surface area (Å²) in [7, 11) is 0. The van der Waals surface area contributed by atoms with Crippen LogP contribution in [0.3, 0.4) is 0 Å². The topological polar surface area (TPSA) is 26.3 Å². The third-order valence-corrected chi connectivity index (χ3v) is 5.43. The first-order valence-electron chi connectivity index (χ1n) is 8.05. The van der Waals surface area contributed by atoms with E-state index in [2.05, 4.69) is 28.1 Å². The highest BCUT2D eigenvalue weighted by Crippen LogP contribution is 2.50. The van der Waals surface area contributed by atoms with Gasteiger partial charge >= 0.3 is 0 Å². The van der Waals surface area contributed by atoms with E-state index in [9.17, 15) is 4.79 Å². The standard InChI is InChI=1S/C21H17BrO2/c1-14-13-18(23)21(16-5-3-2-4-6-16)11-12-24-20(21)19(14)15-7-9-17(22)10-8-15/h2-10,13H,11-12H2,1H3. The van der Waals surface area contributed by atoms with E-state index in [0.29, 0.717) is 13.0 Å². The van der Waals surface area contributed by atoms with E-state index in [1.54, 1.807) is 6.08 Å². The zero-order valence-corrected chi connectivity index (χ0v) is 15.0. The van der Waals surface area contributed by atoms with Crippen LogP contribution in [0.1, 0.15) is 24.5 Å².